The Morgan fingerprint density at radius 2 is 2.14 bits per heavy atom. The summed E-state index contributed by atoms with van der Waals surface area (Å²) in [5.41, 5.74) is 1.11. The maximum absolute atomic E-state index is 5.25. The van der Waals surface area contributed by atoms with E-state index in [4.69, 9.17) is 8.94 Å². The molecule has 22 heavy (non-hydrogen) atoms. The second-order valence-electron chi connectivity index (χ2n) is 5.26. The van der Waals surface area contributed by atoms with Crippen LogP contribution < -0.4 is 0 Å². The highest BCUT2D eigenvalue weighted by Crippen LogP contribution is 2.27. The van der Waals surface area contributed by atoms with Crippen molar-refractivity contribution >= 4 is 11.3 Å². The van der Waals surface area contributed by atoms with Crippen molar-refractivity contribution in [1.82, 2.24) is 20.0 Å². The molecule has 0 aromatic carbocycles. The van der Waals surface area contributed by atoms with Crippen LogP contribution in [0.3, 0.4) is 0 Å². The molecule has 0 N–H and O–H groups in total. The highest BCUT2D eigenvalue weighted by molar-refractivity contribution is 7.11. The fourth-order valence-electron chi connectivity index (χ4n) is 2.32. The molecular weight excluding hydrogens is 300 g/mol. The summed E-state index contributed by atoms with van der Waals surface area (Å²) in [6, 6.07) is 3.78. The van der Waals surface area contributed by atoms with Gasteiger partial charge in [0.2, 0.25) is 0 Å². The van der Waals surface area contributed by atoms with Gasteiger partial charge in [0.25, 0.3) is 5.89 Å². The largest absolute Gasteiger partial charge is 0.459 e. The van der Waals surface area contributed by atoms with Crippen molar-refractivity contribution in [2.24, 2.45) is 0 Å². The second-order valence-corrected chi connectivity index (χ2v) is 6.67. The van der Waals surface area contributed by atoms with E-state index in [0.29, 0.717) is 24.0 Å². The van der Waals surface area contributed by atoms with E-state index in [2.05, 4.69) is 33.9 Å². The Morgan fingerprint density at radius 1 is 1.32 bits per heavy atom. The molecule has 3 aromatic heterocycles. The molecule has 0 bridgehead atoms. The second kappa shape index (κ2) is 6.02. The Balaban J connectivity index is 1.71. The Labute approximate surface area is 132 Å². The van der Waals surface area contributed by atoms with Gasteiger partial charge < -0.3 is 8.94 Å². The van der Waals surface area contributed by atoms with Crippen molar-refractivity contribution in [2.45, 2.75) is 33.4 Å². The maximum atomic E-state index is 5.25. The van der Waals surface area contributed by atoms with Crippen molar-refractivity contribution in [3.05, 3.63) is 39.8 Å². The van der Waals surface area contributed by atoms with Gasteiger partial charge in [-0.1, -0.05) is 5.16 Å². The lowest BCUT2D eigenvalue weighted by atomic mass is 10.2. The van der Waals surface area contributed by atoms with Crippen LogP contribution in [0.1, 0.15) is 34.4 Å². The van der Waals surface area contributed by atoms with Crippen LogP contribution in [0, 0.1) is 13.8 Å². The Morgan fingerprint density at radius 3 is 2.77 bits per heavy atom. The lowest BCUT2D eigenvalue weighted by Gasteiger charge is -2.22. The fourth-order valence-corrected chi connectivity index (χ4v) is 3.23. The van der Waals surface area contributed by atoms with E-state index in [0.717, 1.165) is 10.7 Å². The van der Waals surface area contributed by atoms with Crippen LogP contribution in [0.15, 0.2) is 27.3 Å². The number of thiazole rings is 1. The average molecular weight is 318 g/mol. The molecule has 0 aliphatic rings. The zero-order valence-corrected chi connectivity index (χ0v) is 13.8. The van der Waals surface area contributed by atoms with E-state index < -0.39 is 0 Å². The first-order valence-corrected chi connectivity index (χ1v) is 7.87. The number of furan rings is 1. The summed E-state index contributed by atoms with van der Waals surface area (Å²) < 4.78 is 10.5. The minimum atomic E-state index is 0.190. The lowest BCUT2D eigenvalue weighted by molar-refractivity contribution is 0.238. The Kier molecular flexibility index (Phi) is 4.08. The van der Waals surface area contributed by atoms with Gasteiger partial charge in [0.05, 0.1) is 29.6 Å². The van der Waals surface area contributed by atoms with Crippen molar-refractivity contribution in [3.63, 3.8) is 0 Å². The third-order valence-electron chi connectivity index (χ3n) is 3.59. The number of nitrogens with zero attached hydrogens (tertiary/aromatic N) is 4. The van der Waals surface area contributed by atoms with Gasteiger partial charge in [0.15, 0.2) is 11.6 Å². The van der Waals surface area contributed by atoms with Crippen LogP contribution >= 0.6 is 11.3 Å². The molecule has 116 valence electrons. The van der Waals surface area contributed by atoms with Crippen LogP contribution in [-0.2, 0) is 6.54 Å². The van der Waals surface area contributed by atoms with Crippen LogP contribution in [0.2, 0.25) is 0 Å². The molecule has 0 aliphatic carbocycles. The molecule has 0 aliphatic heterocycles. The predicted molar refractivity (Wildman–Crippen MR) is 83.5 cm³/mol. The fraction of sp³-hybridized carbons (Fsp3) is 0.400. The van der Waals surface area contributed by atoms with Gasteiger partial charge in [-0.15, -0.1) is 11.3 Å². The summed E-state index contributed by atoms with van der Waals surface area (Å²) in [4.78, 5) is 12.4. The molecule has 0 spiro atoms. The molecule has 6 nitrogen and oxygen atoms in total. The minimum absolute atomic E-state index is 0.190. The Bertz CT molecular complexity index is 748. The van der Waals surface area contributed by atoms with Crippen LogP contribution in [0.5, 0.6) is 0 Å². The van der Waals surface area contributed by atoms with Crippen molar-refractivity contribution < 1.29 is 8.94 Å². The van der Waals surface area contributed by atoms with Gasteiger partial charge in [0.1, 0.15) is 0 Å². The lowest BCUT2D eigenvalue weighted by Crippen LogP contribution is -2.23. The van der Waals surface area contributed by atoms with Gasteiger partial charge in [-0.2, -0.15) is 4.98 Å². The molecule has 0 saturated heterocycles. The highest BCUT2D eigenvalue weighted by Gasteiger charge is 2.20. The number of hydrogen-bond donors (Lipinski definition) is 0. The molecule has 0 radical (unpaired) electrons. The predicted octanol–water partition coefficient (Wildman–Crippen LogP) is 3.60. The highest BCUT2D eigenvalue weighted by atomic mass is 32.1. The molecule has 0 saturated carbocycles. The normalized spacial score (nSPS) is 13.0. The molecule has 0 unspecified atom stereocenters. The first-order valence-electron chi connectivity index (χ1n) is 7.05. The van der Waals surface area contributed by atoms with Crippen LogP contribution in [0.4, 0.5) is 0 Å². The molecule has 3 rings (SSSR count). The summed E-state index contributed by atoms with van der Waals surface area (Å²) in [5, 5.41) is 5.10. The first-order chi connectivity index (χ1) is 10.5. The summed E-state index contributed by atoms with van der Waals surface area (Å²) >= 11 is 1.72. The first kappa shape index (κ1) is 14.9. The van der Waals surface area contributed by atoms with Gasteiger partial charge >= 0.3 is 0 Å². The van der Waals surface area contributed by atoms with Crippen LogP contribution in [-0.4, -0.2) is 27.1 Å². The summed E-state index contributed by atoms with van der Waals surface area (Å²) in [7, 11) is 2.03. The average Bonchev–Trinajstić information content (AvgIpc) is 3.18. The topological polar surface area (TPSA) is 68.2 Å². The van der Waals surface area contributed by atoms with E-state index in [1.54, 1.807) is 29.7 Å². The number of aryl methyl sites for hydroxylation is 2. The number of rotatable bonds is 5. The summed E-state index contributed by atoms with van der Waals surface area (Å²) in [6.07, 6.45) is 1.58. The SMILES string of the molecule is Cc1nc([C@H](C)N(C)Cc2noc(-c3ccco3)n2)c(C)s1. The van der Waals surface area contributed by atoms with Gasteiger partial charge in [-0.25, -0.2) is 4.98 Å². The monoisotopic (exact) mass is 318 g/mol. The maximum Gasteiger partial charge on any atom is 0.293 e. The third kappa shape index (κ3) is 2.95. The molecule has 1 atom stereocenters. The van der Waals surface area contributed by atoms with Crippen molar-refractivity contribution in [3.8, 4) is 11.7 Å². The van der Waals surface area contributed by atoms with Crippen molar-refractivity contribution in [2.75, 3.05) is 7.05 Å². The van der Waals surface area contributed by atoms with E-state index in [9.17, 15) is 0 Å². The number of aromatic nitrogens is 3. The zero-order chi connectivity index (χ0) is 15.7. The molecule has 3 aromatic rings. The minimum Gasteiger partial charge on any atom is -0.459 e. The van der Waals surface area contributed by atoms with E-state index in [-0.39, 0.29) is 6.04 Å². The van der Waals surface area contributed by atoms with Crippen LogP contribution in [0.25, 0.3) is 11.7 Å². The molecular formula is C15H18N4O2S. The van der Waals surface area contributed by atoms with Crippen molar-refractivity contribution in [1.29, 1.82) is 0 Å². The quantitative estimate of drug-likeness (QED) is 0.716. The van der Waals surface area contributed by atoms with Gasteiger partial charge in [0, 0.05) is 4.88 Å². The third-order valence-corrected chi connectivity index (χ3v) is 4.49. The summed E-state index contributed by atoms with van der Waals surface area (Å²) in [6.45, 7) is 6.85. The zero-order valence-electron chi connectivity index (χ0n) is 13.0. The van der Waals surface area contributed by atoms with E-state index in [1.165, 1.54) is 4.88 Å². The van der Waals surface area contributed by atoms with E-state index >= 15 is 0 Å². The number of hydrogen-bond acceptors (Lipinski definition) is 7. The van der Waals surface area contributed by atoms with Gasteiger partial charge in [-0.05, 0) is 40.0 Å². The summed E-state index contributed by atoms with van der Waals surface area (Å²) in [5.74, 6) is 1.62. The Hall–Kier alpha value is -1.99. The molecule has 0 amide bonds. The van der Waals surface area contributed by atoms with Gasteiger partial charge in [-0.3, -0.25) is 4.90 Å². The van der Waals surface area contributed by atoms with E-state index in [1.807, 2.05) is 14.0 Å². The molecule has 3 heterocycles. The standard InChI is InChI=1S/C15H18N4O2S/c1-9(14-10(2)22-11(3)16-14)19(4)8-13-17-15(21-18-13)12-6-5-7-20-12/h5-7,9H,8H2,1-4H3/t9-/m0/s1. The smallest absolute Gasteiger partial charge is 0.293 e. The molecule has 0 fully saturated rings. The molecule has 7 heteroatoms.